The number of nitrogens with one attached hydrogen (secondary N) is 1. The maximum absolute atomic E-state index is 13.2. The van der Waals surface area contributed by atoms with Gasteiger partial charge in [0.2, 0.25) is 11.6 Å². The molecule has 3 N–H and O–H groups in total. The average molecular weight is 483 g/mol. The zero-order chi connectivity index (χ0) is 25.1. The van der Waals surface area contributed by atoms with Crippen molar-refractivity contribution in [3.05, 3.63) is 78.0 Å². The second-order valence-corrected chi connectivity index (χ2v) is 7.83. The number of anilines is 1. The summed E-state index contributed by atoms with van der Waals surface area (Å²) in [5.41, 5.74) is 11.0. The number of rotatable bonds is 7. The van der Waals surface area contributed by atoms with Crippen LogP contribution in [0.2, 0.25) is 0 Å². The van der Waals surface area contributed by atoms with Crippen LogP contribution in [-0.4, -0.2) is 43.5 Å². The largest absolute Gasteiger partial charge is 0.494 e. The SMILES string of the molecule is CCOc1ccc(-c2c(C(=O)NN=C(C)c3ccc4ccccc4c3)nnn2-c2nonc2N)cc1. The van der Waals surface area contributed by atoms with Gasteiger partial charge in [-0.25, -0.2) is 10.1 Å². The van der Waals surface area contributed by atoms with E-state index in [0.717, 1.165) is 16.3 Å². The van der Waals surface area contributed by atoms with Gasteiger partial charge >= 0.3 is 0 Å². The Morgan fingerprint density at radius 2 is 1.86 bits per heavy atom. The van der Waals surface area contributed by atoms with Crippen molar-refractivity contribution in [3.8, 4) is 22.8 Å². The minimum Gasteiger partial charge on any atom is -0.494 e. The van der Waals surface area contributed by atoms with E-state index in [-0.39, 0.29) is 17.3 Å². The first-order valence-electron chi connectivity index (χ1n) is 11.2. The van der Waals surface area contributed by atoms with Crippen molar-refractivity contribution < 1.29 is 14.2 Å². The summed E-state index contributed by atoms with van der Waals surface area (Å²) in [6.07, 6.45) is 0. The number of nitrogens with zero attached hydrogens (tertiary/aromatic N) is 6. The van der Waals surface area contributed by atoms with Crippen LogP contribution in [0.25, 0.3) is 27.8 Å². The average Bonchev–Trinajstić information content (AvgIpc) is 3.53. The molecule has 2 aromatic heterocycles. The molecule has 0 radical (unpaired) electrons. The summed E-state index contributed by atoms with van der Waals surface area (Å²) in [5, 5.41) is 22.0. The van der Waals surface area contributed by atoms with Gasteiger partial charge in [-0.1, -0.05) is 41.6 Å². The molecular weight excluding hydrogens is 460 g/mol. The Morgan fingerprint density at radius 1 is 1.08 bits per heavy atom. The van der Waals surface area contributed by atoms with Gasteiger partial charge in [0, 0.05) is 5.56 Å². The van der Waals surface area contributed by atoms with Crippen LogP contribution in [0.3, 0.4) is 0 Å². The van der Waals surface area contributed by atoms with Crippen molar-refractivity contribution in [2.24, 2.45) is 5.10 Å². The zero-order valence-corrected chi connectivity index (χ0v) is 19.5. The van der Waals surface area contributed by atoms with Gasteiger partial charge in [-0.15, -0.1) is 5.10 Å². The van der Waals surface area contributed by atoms with E-state index in [1.807, 2.05) is 56.3 Å². The van der Waals surface area contributed by atoms with Gasteiger partial charge in [0.25, 0.3) is 5.91 Å². The van der Waals surface area contributed by atoms with Gasteiger partial charge in [-0.05, 0) is 70.8 Å². The first kappa shape index (κ1) is 22.7. The Bertz CT molecular complexity index is 1570. The maximum atomic E-state index is 13.2. The van der Waals surface area contributed by atoms with Gasteiger partial charge < -0.3 is 10.5 Å². The third kappa shape index (κ3) is 4.37. The van der Waals surface area contributed by atoms with Crippen LogP contribution < -0.4 is 15.9 Å². The predicted molar refractivity (Wildman–Crippen MR) is 134 cm³/mol. The first-order chi connectivity index (χ1) is 17.5. The number of nitrogen functional groups attached to an aromatic ring is 1. The number of hydrogen-bond donors (Lipinski definition) is 2. The lowest BCUT2D eigenvalue weighted by molar-refractivity contribution is 0.0950. The summed E-state index contributed by atoms with van der Waals surface area (Å²) < 4.78 is 11.5. The Hall–Kier alpha value is -5.06. The lowest BCUT2D eigenvalue weighted by Crippen LogP contribution is -2.21. The Labute approximate surface area is 205 Å². The fraction of sp³-hybridized carbons (Fsp3) is 0.120. The normalized spacial score (nSPS) is 11.6. The number of aromatic nitrogens is 5. The fourth-order valence-electron chi connectivity index (χ4n) is 3.72. The molecule has 0 saturated heterocycles. The van der Waals surface area contributed by atoms with E-state index in [0.29, 0.717) is 29.3 Å². The zero-order valence-electron chi connectivity index (χ0n) is 19.5. The van der Waals surface area contributed by atoms with Crippen molar-refractivity contribution in [1.82, 2.24) is 30.7 Å². The van der Waals surface area contributed by atoms with E-state index in [1.165, 1.54) is 4.68 Å². The molecule has 0 spiro atoms. The van der Waals surface area contributed by atoms with Crippen molar-refractivity contribution in [2.45, 2.75) is 13.8 Å². The standard InChI is InChI=1S/C25H22N8O3/c1-3-35-20-12-10-17(11-13-20)22-21(28-32-33(22)24-23(26)30-36-31-24)25(34)29-27-15(2)18-9-8-16-6-4-5-7-19(16)14-18/h4-14H,3H2,1-2H3,(H2,26,30)(H,29,34). The van der Waals surface area contributed by atoms with E-state index < -0.39 is 5.91 Å². The van der Waals surface area contributed by atoms with Crippen molar-refractivity contribution >= 4 is 28.2 Å². The van der Waals surface area contributed by atoms with Gasteiger partial charge in [0.1, 0.15) is 11.4 Å². The van der Waals surface area contributed by atoms with Gasteiger partial charge in [-0.3, -0.25) is 4.79 Å². The molecule has 5 aromatic rings. The molecule has 11 nitrogen and oxygen atoms in total. The molecule has 0 aliphatic carbocycles. The van der Waals surface area contributed by atoms with Crippen LogP contribution in [0.5, 0.6) is 5.75 Å². The summed E-state index contributed by atoms with van der Waals surface area (Å²) in [4.78, 5) is 13.2. The molecule has 11 heteroatoms. The molecule has 180 valence electrons. The molecule has 0 unspecified atom stereocenters. The fourth-order valence-corrected chi connectivity index (χ4v) is 3.72. The van der Waals surface area contributed by atoms with Crippen LogP contribution in [0.1, 0.15) is 29.9 Å². The van der Waals surface area contributed by atoms with Crippen LogP contribution in [0.15, 0.2) is 76.5 Å². The van der Waals surface area contributed by atoms with Crippen LogP contribution in [0, 0.1) is 0 Å². The number of benzene rings is 3. The smallest absolute Gasteiger partial charge is 0.294 e. The number of carbonyl (C=O) groups is 1. The molecule has 5 rings (SSSR count). The van der Waals surface area contributed by atoms with Crippen LogP contribution in [-0.2, 0) is 0 Å². The summed E-state index contributed by atoms with van der Waals surface area (Å²) in [5.74, 6) is 0.246. The van der Waals surface area contributed by atoms with Crippen LogP contribution in [0.4, 0.5) is 5.82 Å². The lowest BCUT2D eigenvalue weighted by Gasteiger charge is -2.08. The van der Waals surface area contributed by atoms with Crippen molar-refractivity contribution in [2.75, 3.05) is 12.3 Å². The molecule has 0 atom stereocenters. The molecule has 2 heterocycles. The second kappa shape index (κ2) is 9.66. The lowest BCUT2D eigenvalue weighted by atomic mass is 10.0. The minimum absolute atomic E-state index is 0.00390. The van der Waals surface area contributed by atoms with E-state index in [2.05, 4.69) is 31.2 Å². The summed E-state index contributed by atoms with van der Waals surface area (Å²) in [6, 6.07) is 21.1. The number of amides is 1. The Kier molecular flexibility index (Phi) is 6.10. The van der Waals surface area contributed by atoms with Crippen LogP contribution >= 0.6 is 0 Å². The molecule has 0 fully saturated rings. The molecule has 0 aliphatic rings. The number of ether oxygens (including phenoxy) is 1. The molecule has 1 amide bonds. The molecule has 0 saturated carbocycles. The summed E-state index contributed by atoms with van der Waals surface area (Å²) in [6.45, 7) is 4.24. The number of hydrazone groups is 1. The monoisotopic (exact) mass is 482 g/mol. The second-order valence-electron chi connectivity index (χ2n) is 7.83. The molecule has 0 aliphatic heterocycles. The highest BCUT2D eigenvalue weighted by molar-refractivity contribution is 6.04. The molecule has 0 bridgehead atoms. The molecular formula is C25H22N8O3. The maximum Gasteiger partial charge on any atom is 0.294 e. The van der Waals surface area contributed by atoms with E-state index in [4.69, 9.17) is 15.1 Å². The number of nitrogens with two attached hydrogens (primary N) is 1. The Morgan fingerprint density at radius 3 is 2.58 bits per heavy atom. The Balaban J connectivity index is 1.48. The predicted octanol–water partition coefficient (Wildman–Crippen LogP) is 3.61. The quantitative estimate of drug-likeness (QED) is 0.264. The highest BCUT2D eigenvalue weighted by Crippen LogP contribution is 2.28. The molecule has 36 heavy (non-hydrogen) atoms. The summed E-state index contributed by atoms with van der Waals surface area (Å²) in [7, 11) is 0. The van der Waals surface area contributed by atoms with Crippen molar-refractivity contribution in [1.29, 1.82) is 0 Å². The number of hydrogen-bond acceptors (Lipinski definition) is 9. The third-order valence-corrected chi connectivity index (χ3v) is 5.51. The number of fused-ring (bicyclic) bond motifs is 1. The summed E-state index contributed by atoms with van der Waals surface area (Å²) >= 11 is 0. The minimum atomic E-state index is -0.555. The first-order valence-corrected chi connectivity index (χ1v) is 11.2. The van der Waals surface area contributed by atoms with Gasteiger partial charge in [0.05, 0.1) is 12.3 Å². The van der Waals surface area contributed by atoms with E-state index >= 15 is 0 Å². The third-order valence-electron chi connectivity index (χ3n) is 5.51. The van der Waals surface area contributed by atoms with Crippen molar-refractivity contribution in [3.63, 3.8) is 0 Å². The highest BCUT2D eigenvalue weighted by Gasteiger charge is 2.25. The van der Waals surface area contributed by atoms with Gasteiger partial charge in [-0.2, -0.15) is 9.78 Å². The van der Waals surface area contributed by atoms with E-state index in [9.17, 15) is 4.79 Å². The molecule has 3 aromatic carbocycles. The number of carbonyl (C=O) groups excluding carboxylic acids is 1. The highest BCUT2D eigenvalue weighted by atomic mass is 16.6. The van der Waals surface area contributed by atoms with E-state index in [1.54, 1.807) is 24.3 Å². The topological polar surface area (TPSA) is 146 Å². The van der Waals surface area contributed by atoms with Gasteiger partial charge in [0.15, 0.2) is 5.69 Å².